The molecule has 0 saturated carbocycles. The normalized spacial score (nSPS) is 10.9. The summed E-state index contributed by atoms with van der Waals surface area (Å²) in [5.41, 5.74) is 2.15. The van der Waals surface area contributed by atoms with Gasteiger partial charge in [0.15, 0.2) is 3.95 Å². The molecular formula is C12H9N3S2. The summed E-state index contributed by atoms with van der Waals surface area (Å²) in [6.07, 6.45) is 3.62. The van der Waals surface area contributed by atoms with Crippen molar-refractivity contribution in [1.29, 1.82) is 0 Å². The number of pyridine rings is 2. The molecular weight excluding hydrogens is 250 g/mol. The fourth-order valence-electron chi connectivity index (χ4n) is 1.67. The largest absolute Gasteiger partial charge is 0.274 e. The van der Waals surface area contributed by atoms with Crippen LogP contribution in [0.25, 0.3) is 16.2 Å². The first kappa shape index (κ1) is 10.6. The number of fused-ring (bicyclic) bond motifs is 1. The van der Waals surface area contributed by atoms with Gasteiger partial charge >= 0.3 is 0 Å². The Bertz CT molecular complexity index is 725. The molecule has 0 bridgehead atoms. The molecule has 84 valence electrons. The Morgan fingerprint density at radius 2 is 2.12 bits per heavy atom. The molecule has 3 aromatic heterocycles. The van der Waals surface area contributed by atoms with Gasteiger partial charge in [-0.2, -0.15) is 0 Å². The van der Waals surface area contributed by atoms with Crippen molar-refractivity contribution < 1.29 is 0 Å². The molecule has 3 heterocycles. The Morgan fingerprint density at radius 3 is 2.88 bits per heavy atom. The molecule has 3 nitrogen and oxygen atoms in total. The minimum Gasteiger partial charge on any atom is -0.274 e. The third-order valence-electron chi connectivity index (χ3n) is 2.48. The summed E-state index contributed by atoms with van der Waals surface area (Å²) in [6.45, 7) is 2.02. The van der Waals surface area contributed by atoms with Gasteiger partial charge < -0.3 is 0 Å². The van der Waals surface area contributed by atoms with Crippen molar-refractivity contribution in [3.8, 4) is 5.82 Å². The van der Waals surface area contributed by atoms with Gasteiger partial charge in [-0.15, -0.1) is 0 Å². The lowest BCUT2D eigenvalue weighted by molar-refractivity contribution is 1.03. The van der Waals surface area contributed by atoms with E-state index >= 15 is 0 Å². The summed E-state index contributed by atoms with van der Waals surface area (Å²) < 4.78 is 2.73. The van der Waals surface area contributed by atoms with Crippen LogP contribution in [0.4, 0.5) is 0 Å². The van der Waals surface area contributed by atoms with Crippen molar-refractivity contribution in [2.45, 2.75) is 6.92 Å². The summed E-state index contributed by atoms with van der Waals surface area (Å²) in [5, 5.41) is 0. The van der Waals surface area contributed by atoms with E-state index in [1.807, 2.05) is 42.0 Å². The Hall–Kier alpha value is -1.59. The number of rotatable bonds is 1. The molecule has 3 rings (SSSR count). The van der Waals surface area contributed by atoms with Gasteiger partial charge in [-0.1, -0.05) is 17.4 Å². The van der Waals surface area contributed by atoms with Crippen LogP contribution in [0, 0.1) is 10.9 Å². The highest BCUT2D eigenvalue weighted by Gasteiger charge is 2.07. The van der Waals surface area contributed by atoms with Crippen LogP contribution in [-0.4, -0.2) is 14.5 Å². The maximum absolute atomic E-state index is 5.37. The van der Waals surface area contributed by atoms with Gasteiger partial charge in [0.05, 0.1) is 5.52 Å². The SMILES string of the molecule is Cc1ccc(-n2c(=S)sc3ncccc32)nc1. The molecule has 0 aliphatic heterocycles. The van der Waals surface area contributed by atoms with Crippen LogP contribution >= 0.6 is 23.6 Å². The summed E-state index contributed by atoms with van der Waals surface area (Å²) in [5.74, 6) is 0.847. The zero-order valence-electron chi connectivity index (χ0n) is 9.12. The van der Waals surface area contributed by atoms with E-state index in [9.17, 15) is 0 Å². The molecule has 0 N–H and O–H groups in total. The highest BCUT2D eigenvalue weighted by atomic mass is 32.1. The zero-order chi connectivity index (χ0) is 11.8. The lowest BCUT2D eigenvalue weighted by Gasteiger charge is -2.03. The first-order valence-electron chi connectivity index (χ1n) is 5.15. The van der Waals surface area contributed by atoms with Crippen LogP contribution < -0.4 is 0 Å². The minimum atomic E-state index is 0.773. The van der Waals surface area contributed by atoms with E-state index in [4.69, 9.17) is 12.2 Å². The van der Waals surface area contributed by atoms with Crippen molar-refractivity contribution in [2.24, 2.45) is 0 Å². The number of thiazole rings is 1. The Morgan fingerprint density at radius 1 is 1.24 bits per heavy atom. The Kier molecular flexibility index (Phi) is 2.49. The molecule has 3 aromatic rings. The molecule has 0 unspecified atom stereocenters. The van der Waals surface area contributed by atoms with Crippen molar-refractivity contribution in [1.82, 2.24) is 14.5 Å². The number of hydrogen-bond acceptors (Lipinski definition) is 4. The number of nitrogens with zero attached hydrogens (tertiary/aromatic N) is 3. The van der Waals surface area contributed by atoms with Crippen LogP contribution in [0.15, 0.2) is 36.7 Å². The average molecular weight is 259 g/mol. The fourth-order valence-corrected chi connectivity index (χ4v) is 2.92. The highest BCUT2D eigenvalue weighted by Crippen LogP contribution is 2.23. The highest BCUT2D eigenvalue weighted by molar-refractivity contribution is 7.73. The van der Waals surface area contributed by atoms with Crippen molar-refractivity contribution in [2.75, 3.05) is 0 Å². The van der Waals surface area contributed by atoms with Gasteiger partial charge in [-0.05, 0) is 42.9 Å². The van der Waals surface area contributed by atoms with Gasteiger partial charge in [0, 0.05) is 12.4 Å². The molecule has 17 heavy (non-hydrogen) atoms. The summed E-state index contributed by atoms with van der Waals surface area (Å²) in [7, 11) is 0. The first-order chi connectivity index (χ1) is 8.25. The summed E-state index contributed by atoms with van der Waals surface area (Å²) in [4.78, 5) is 9.66. The van der Waals surface area contributed by atoms with Gasteiger partial charge in [0.25, 0.3) is 0 Å². The summed E-state index contributed by atoms with van der Waals surface area (Å²) >= 11 is 6.87. The topological polar surface area (TPSA) is 30.7 Å². The van der Waals surface area contributed by atoms with Gasteiger partial charge in [0.2, 0.25) is 0 Å². The Balaban J connectivity index is 2.33. The molecule has 0 spiro atoms. The van der Waals surface area contributed by atoms with E-state index in [0.717, 1.165) is 25.7 Å². The van der Waals surface area contributed by atoms with Crippen molar-refractivity contribution in [3.05, 3.63) is 46.2 Å². The molecule has 5 heteroatoms. The Labute approximate surface area is 107 Å². The predicted molar refractivity (Wildman–Crippen MR) is 72.3 cm³/mol. The lowest BCUT2D eigenvalue weighted by atomic mass is 10.3. The number of aryl methyl sites for hydroxylation is 1. The second kappa shape index (κ2) is 4.01. The van der Waals surface area contributed by atoms with Gasteiger partial charge in [-0.3, -0.25) is 4.57 Å². The van der Waals surface area contributed by atoms with Crippen LogP contribution in [0.2, 0.25) is 0 Å². The molecule has 0 radical (unpaired) electrons. The smallest absolute Gasteiger partial charge is 0.169 e. The predicted octanol–water partition coefficient (Wildman–Crippen LogP) is 3.52. The summed E-state index contributed by atoms with van der Waals surface area (Å²) in [6, 6.07) is 7.93. The first-order valence-corrected chi connectivity index (χ1v) is 6.38. The molecule has 0 saturated heterocycles. The number of hydrogen-bond donors (Lipinski definition) is 0. The van der Waals surface area contributed by atoms with Crippen LogP contribution in [0.5, 0.6) is 0 Å². The standard InChI is InChI=1S/C12H9N3S2/c1-8-4-5-10(14-7-8)15-9-3-2-6-13-11(9)17-12(15)16/h2-7H,1H3. The molecule has 0 aromatic carbocycles. The molecule has 0 fully saturated rings. The third-order valence-corrected chi connectivity index (χ3v) is 3.78. The van der Waals surface area contributed by atoms with E-state index < -0.39 is 0 Å². The van der Waals surface area contributed by atoms with Gasteiger partial charge in [0.1, 0.15) is 10.6 Å². The van der Waals surface area contributed by atoms with Crippen molar-refractivity contribution in [3.63, 3.8) is 0 Å². The quantitative estimate of drug-likeness (QED) is 0.626. The zero-order valence-corrected chi connectivity index (χ0v) is 10.8. The fraction of sp³-hybridized carbons (Fsp3) is 0.0833. The second-order valence-electron chi connectivity index (χ2n) is 3.72. The maximum atomic E-state index is 5.37. The van der Waals surface area contributed by atoms with E-state index in [1.165, 1.54) is 11.3 Å². The third kappa shape index (κ3) is 1.77. The molecule has 0 amide bonds. The van der Waals surface area contributed by atoms with E-state index in [-0.39, 0.29) is 0 Å². The monoisotopic (exact) mass is 259 g/mol. The number of aromatic nitrogens is 3. The van der Waals surface area contributed by atoms with Crippen LogP contribution in [-0.2, 0) is 0 Å². The van der Waals surface area contributed by atoms with E-state index in [2.05, 4.69) is 9.97 Å². The van der Waals surface area contributed by atoms with E-state index in [0.29, 0.717) is 0 Å². The maximum Gasteiger partial charge on any atom is 0.169 e. The molecule has 0 aliphatic rings. The van der Waals surface area contributed by atoms with E-state index in [1.54, 1.807) is 6.20 Å². The van der Waals surface area contributed by atoms with Crippen LogP contribution in [0.1, 0.15) is 5.56 Å². The van der Waals surface area contributed by atoms with Gasteiger partial charge in [-0.25, -0.2) is 9.97 Å². The molecule has 0 aliphatic carbocycles. The second-order valence-corrected chi connectivity index (χ2v) is 5.35. The molecule has 0 atom stereocenters. The lowest BCUT2D eigenvalue weighted by Crippen LogP contribution is -1.96. The minimum absolute atomic E-state index is 0.773. The average Bonchev–Trinajstić information content (AvgIpc) is 2.66. The van der Waals surface area contributed by atoms with Crippen LogP contribution in [0.3, 0.4) is 0 Å². The van der Waals surface area contributed by atoms with Crippen molar-refractivity contribution >= 4 is 33.9 Å².